The van der Waals surface area contributed by atoms with E-state index >= 15 is 0 Å². The summed E-state index contributed by atoms with van der Waals surface area (Å²) in [6.45, 7) is 9.40. The molecule has 2 N–H and O–H groups in total. The van der Waals surface area contributed by atoms with E-state index in [-0.39, 0.29) is 11.4 Å². The number of rotatable bonds is 5. The van der Waals surface area contributed by atoms with E-state index in [4.69, 9.17) is 0 Å². The van der Waals surface area contributed by atoms with E-state index in [0.717, 1.165) is 16.4 Å². The van der Waals surface area contributed by atoms with E-state index in [1.807, 2.05) is 12.1 Å². The molecule has 0 unspecified atom stereocenters. The monoisotopic (exact) mass is 332 g/mol. The van der Waals surface area contributed by atoms with Gasteiger partial charge in [0.15, 0.2) is 0 Å². The molecule has 5 nitrogen and oxygen atoms in total. The first-order valence-corrected chi connectivity index (χ1v) is 8.57. The zero-order valence-corrected chi connectivity index (χ0v) is 15.0. The number of amides is 2. The molecule has 0 spiro atoms. The standard InChI is InChI=1S/C17H24N4OS/c1-12-7-5-6-8-13(12)9-10-18-16(22)19-11-14-20-21-15(23-14)17(2,3)4/h5-8H,9-11H2,1-4H3,(H2,18,19,22). The summed E-state index contributed by atoms with van der Waals surface area (Å²) in [6, 6.07) is 8.03. The van der Waals surface area contributed by atoms with E-state index in [2.05, 4.69) is 60.7 Å². The van der Waals surface area contributed by atoms with E-state index in [0.29, 0.717) is 13.1 Å². The van der Waals surface area contributed by atoms with Gasteiger partial charge in [-0.2, -0.15) is 0 Å². The topological polar surface area (TPSA) is 66.9 Å². The lowest BCUT2D eigenvalue weighted by molar-refractivity contribution is 0.240. The number of carbonyl (C=O) groups excluding carboxylic acids is 1. The van der Waals surface area contributed by atoms with Gasteiger partial charge >= 0.3 is 6.03 Å². The van der Waals surface area contributed by atoms with Gasteiger partial charge in [-0.1, -0.05) is 56.4 Å². The molecule has 23 heavy (non-hydrogen) atoms. The van der Waals surface area contributed by atoms with Crippen LogP contribution in [0.15, 0.2) is 24.3 Å². The maximum absolute atomic E-state index is 11.8. The minimum atomic E-state index is -0.175. The lowest BCUT2D eigenvalue weighted by Gasteiger charge is -2.12. The van der Waals surface area contributed by atoms with Crippen molar-refractivity contribution in [3.05, 3.63) is 45.4 Å². The molecule has 0 bridgehead atoms. The summed E-state index contributed by atoms with van der Waals surface area (Å²) in [7, 11) is 0. The Morgan fingerprint density at radius 1 is 1.17 bits per heavy atom. The van der Waals surface area contributed by atoms with Crippen molar-refractivity contribution in [2.24, 2.45) is 0 Å². The lowest BCUT2D eigenvalue weighted by atomic mass is 9.98. The highest BCUT2D eigenvalue weighted by Crippen LogP contribution is 2.25. The number of aromatic nitrogens is 2. The molecule has 0 saturated carbocycles. The molecule has 0 fully saturated rings. The second-order valence-electron chi connectivity index (χ2n) is 6.54. The molecular formula is C17H24N4OS. The predicted octanol–water partition coefficient (Wildman–Crippen LogP) is 3.19. The quantitative estimate of drug-likeness (QED) is 0.883. The summed E-state index contributed by atoms with van der Waals surface area (Å²) >= 11 is 1.54. The van der Waals surface area contributed by atoms with Crippen LogP contribution in [0.3, 0.4) is 0 Å². The third-order valence-corrected chi connectivity index (χ3v) is 4.80. The summed E-state index contributed by atoms with van der Waals surface area (Å²) in [5, 5.41) is 15.8. The van der Waals surface area contributed by atoms with Crippen LogP contribution in [0, 0.1) is 6.92 Å². The van der Waals surface area contributed by atoms with Crippen molar-refractivity contribution >= 4 is 17.4 Å². The Kier molecular flexibility index (Phi) is 5.71. The second kappa shape index (κ2) is 7.55. The summed E-state index contributed by atoms with van der Waals surface area (Å²) in [5.74, 6) is 0. The summed E-state index contributed by atoms with van der Waals surface area (Å²) in [6.07, 6.45) is 0.826. The van der Waals surface area contributed by atoms with Gasteiger partial charge in [-0.3, -0.25) is 0 Å². The van der Waals surface area contributed by atoms with Gasteiger partial charge in [0, 0.05) is 12.0 Å². The minimum absolute atomic E-state index is 0.00822. The number of hydrogen-bond acceptors (Lipinski definition) is 4. The predicted molar refractivity (Wildman–Crippen MR) is 93.7 cm³/mol. The number of nitrogens with one attached hydrogen (secondary N) is 2. The van der Waals surface area contributed by atoms with Crippen molar-refractivity contribution in [1.29, 1.82) is 0 Å². The van der Waals surface area contributed by atoms with Crippen LogP contribution in [0.4, 0.5) is 4.79 Å². The molecular weight excluding hydrogens is 308 g/mol. The molecule has 0 saturated heterocycles. The molecule has 0 aliphatic carbocycles. The fourth-order valence-corrected chi connectivity index (χ4v) is 2.88. The van der Waals surface area contributed by atoms with Gasteiger partial charge in [0.1, 0.15) is 10.0 Å². The fourth-order valence-electron chi connectivity index (χ4n) is 2.05. The Bertz CT molecular complexity index is 661. The maximum Gasteiger partial charge on any atom is 0.315 e. The Labute approximate surface area is 141 Å². The molecule has 0 atom stereocenters. The van der Waals surface area contributed by atoms with Gasteiger partial charge in [0.25, 0.3) is 0 Å². The van der Waals surface area contributed by atoms with E-state index in [1.165, 1.54) is 22.5 Å². The van der Waals surface area contributed by atoms with Gasteiger partial charge < -0.3 is 10.6 Å². The van der Waals surface area contributed by atoms with Gasteiger partial charge in [-0.15, -0.1) is 10.2 Å². The smallest absolute Gasteiger partial charge is 0.315 e. The number of carbonyl (C=O) groups is 1. The minimum Gasteiger partial charge on any atom is -0.338 e. The average Bonchev–Trinajstić information content (AvgIpc) is 2.96. The van der Waals surface area contributed by atoms with Crippen LogP contribution in [0.5, 0.6) is 0 Å². The summed E-state index contributed by atoms with van der Waals surface area (Å²) in [4.78, 5) is 11.8. The molecule has 124 valence electrons. The van der Waals surface area contributed by atoms with E-state index < -0.39 is 0 Å². The largest absolute Gasteiger partial charge is 0.338 e. The van der Waals surface area contributed by atoms with Crippen molar-refractivity contribution in [1.82, 2.24) is 20.8 Å². The van der Waals surface area contributed by atoms with Crippen LogP contribution in [0.1, 0.15) is 41.9 Å². The number of benzene rings is 1. The summed E-state index contributed by atoms with van der Waals surface area (Å²) < 4.78 is 0. The zero-order valence-electron chi connectivity index (χ0n) is 14.1. The Morgan fingerprint density at radius 2 is 1.91 bits per heavy atom. The number of hydrogen-bond donors (Lipinski definition) is 2. The normalized spacial score (nSPS) is 11.3. The Balaban J connectivity index is 1.73. The van der Waals surface area contributed by atoms with Crippen molar-refractivity contribution in [3.63, 3.8) is 0 Å². The number of aryl methyl sites for hydroxylation is 1. The van der Waals surface area contributed by atoms with Crippen LogP contribution in [-0.2, 0) is 18.4 Å². The molecule has 0 aliphatic heterocycles. The van der Waals surface area contributed by atoms with E-state index in [9.17, 15) is 4.79 Å². The Hall–Kier alpha value is -1.95. The van der Waals surface area contributed by atoms with Crippen molar-refractivity contribution < 1.29 is 4.79 Å². The average molecular weight is 332 g/mol. The van der Waals surface area contributed by atoms with Crippen LogP contribution >= 0.6 is 11.3 Å². The molecule has 1 heterocycles. The van der Waals surface area contributed by atoms with Gasteiger partial charge in [-0.25, -0.2) is 4.79 Å². The molecule has 0 radical (unpaired) electrons. The molecule has 2 amide bonds. The fraction of sp³-hybridized carbons (Fsp3) is 0.471. The number of urea groups is 1. The first kappa shape index (κ1) is 17.4. The third kappa shape index (κ3) is 5.32. The number of nitrogens with zero attached hydrogens (tertiary/aromatic N) is 2. The van der Waals surface area contributed by atoms with Gasteiger partial charge in [-0.05, 0) is 24.5 Å². The zero-order chi connectivity index (χ0) is 16.9. The molecule has 2 rings (SSSR count). The van der Waals surface area contributed by atoms with Crippen LogP contribution in [0.2, 0.25) is 0 Å². The van der Waals surface area contributed by atoms with Crippen molar-refractivity contribution in [3.8, 4) is 0 Å². The van der Waals surface area contributed by atoms with Gasteiger partial charge in [0.05, 0.1) is 6.54 Å². The van der Waals surface area contributed by atoms with Gasteiger partial charge in [0.2, 0.25) is 0 Å². The van der Waals surface area contributed by atoms with E-state index in [1.54, 1.807) is 0 Å². The van der Waals surface area contributed by atoms with Crippen LogP contribution in [0.25, 0.3) is 0 Å². The highest BCUT2D eigenvalue weighted by atomic mass is 32.1. The summed E-state index contributed by atoms with van der Waals surface area (Å²) in [5.41, 5.74) is 2.50. The SMILES string of the molecule is Cc1ccccc1CCNC(=O)NCc1nnc(C(C)(C)C)s1. The maximum atomic E-state index is 11.8. The first-order chi connectivity index (χ1) is 10.9. The highest BCUT2D eigenvalue weighted by Gasteiger charge is 2.19. The van der Waals surface area contributed by atoms with Crippen LogP contribution in [-0.4, -0.2) is 22.8 Å². The highest BCUT2D eigenvalue weighted by molar-refractivity contribution is 7.11. The molecule has 0 aliphatic rings. The molecule has 2 aromatic rings. The lowest BCUT2D eigenvalue weighted by Crippen LogP contribution is -2.36. The molecule has 1 aromatic carbocycles. The van der Waals surface area contributed by atoms with Crippen molar-refractivity contribution in [2.75, 3.05) is 6.54 Å². The Morgan fingerprint density at radius 3 is 2.57 bits per heavy atom. The molecule has 1 aromatic heterocycles. The van der Waals surface area contributed by atoms with Crippen LogP contribution < -0.4 is 10.6 Å². The first-order valence-electron chi connectivity index (χ1n) is 7.75. The third-order valence-electron chi connectivity index (χ3n) is 3.45. The molecule has 6 heteroatoms. The van der Waals surface area contributed by atoms with Crippen molar-refractivity contribution in [2.45, 2.75) is 46.1 Å². The second-order valence-corrected chi connectivity index (χ2v) is 7.60.